The Balaban J connectivity index is 1.27. The van der Waals surface area contributed by atoms with Crippen LogP contribution in [0.3, 0.4) is 0 Å². The molecule has 2 N–H and O–H groups in total. The SMILES string of the molecule is CN=C(NCC(=O)N1CCc2ccccc2C1)NC1CCN(c2ccccc2OC)C1. The van der Waals surface area contributed by atoms with Crippen LogP contribution in [0, 0.1) is 0 Å². The number of ether oxygens (including phenoxy) is 1. The van der Waals surface area contributed by atoms with E-state index in [2.05, 4.69) is 44.8 Å². The molecular formula is C24H31N5O2. The number of carbonyl (C=O) groups is 1. The van der Waals surface area contributed by atoms with Crippen molar-refractivity contribution in [3.8, 4) is 5.75 Å². The molecular weight excluding hydrogens is 390 g/mol. The number of guanidine groups is 1. The van der Waals surface area contributed by atoms with Gasteiger partial charge in [-0.25, -0.2) is 0 Å². The summed E-state index contributed by atoms with van der Waals surface area (Å²) in [5.41, 5.74) is 3.70. The lowest BCUT2D eigenvalue weighted by Gasteiger charge is -2.29. The molecule has 1 fully saturated rings. The molecule has 2 aromatic carbocycles. The van der Waals surface area contributed by atoms with Gasteiger partial charge in [-0.1, -0.05) is 36.4 Å². The predicted octanol–water partition coefficient (Wildman–Crippen LogP) is 2.02. The fourth-order valence-electron chi connectivity index (χ4n) is 4.36. The molecule has 2 aliphatic rings. The quantitative estimate of drug-likeness (QED) is 0.571. The molecule has 1 atom stereocenters. The summed E-state index contributed by atoms with van der Waals surface area (Å²) in [6, 6.07) is 16.7. The third-order valence-electron chi connectivity index (χ3n) is 6.07. The number of aliphatic imine (C=N–C) groups is 1. The van der Waals surface area contributed by atoms with E-state index < -0.39 is 0 Å². The number of rotatable bonds is 5. The van der Waals surface area contributed by atoms with E-state index in [1.807, 2.05) is 29.2 Å². The molecule has 2 heterocycles. The second kappa shape index (κ2) is 9.73. The van der Waals surface area contributed by atoms with Crippen molar-refractivity contribution in [1.29, 1.82) is 0 Å². The van der Waals surface area contributed by atoms with Crippen molar-refractivity contribution in [2.75, 3.05) is 45.2 Å². The number of methoxy groups -OCH3 is 1. The molecule has 0 spiro atoms. The number of amides is 1. The molecule has 0 aromatic heterocycles. The summed E-state index contributed by atoms with van der Waals surface area (Å²) in [4.78, 5) is 21.3. The van der Waals surface area contributed by atoms with Crippen molar-refractivity contribution in [3.05, 3.63) is 59.7 Å². The lowest BCUT2D eigenvalue weighted by molar-refractivity contribution is -0.130. The lowest BCUT2D eigenvalue weighted by Crippen LogP contribution is -2.48. The molecule has 0 aliphatic carbocycles. The number of nitrogens with one attached hydrogen (secondary N) is 2. The van der Waals surface area contributed by atoms with Crippen LogP contribution >= 0.6 is 0 Å². The van der Waals surface area contributed by atoms with Crippen LogP contribution in [-0.4, -0.2) is 63.1 Å². The molecule has 31 heavy (non-hydrogen) atoms. The number of nitrogens with zero attached hydrogens (tertiary/aromatic N) is 3. The molecule has 2 aromatic rings. The first kappa shape index (κ1) is 21.0. The van der Waals surface area contributed by atoms with E-state index in [0.29, 0.717) is 12.5 Å². The number of para-hydroxylation sites is 2. The zero-order valence-electron chi connectivity index (χ0n) is 18.3. The third kappa shape index (κ3) is 4.93. The van der Waals surface area contributed by atoms with Gasteiger partial charge in [0.15, 0.2) is 5.96 Å². The molecule has 0 radical (unpaired) electrons. The van der Waals surface area contributed by atoms with Crippen LogP contribution in [0.1, 0.15) is 17.5 Å². The standard InChI is InChI=1S/C24H31N5O2/c1-25-24(26-15-23(30)29-13-11-18-7-3-4-8-19(18)16-29)27-20-12-14-28(17-20)21-9-5-6-10-22(21)31-2/h3-10,20H,11-17H2,1-2H3,(H2,25,26,27). The van der Waals surface area contributed by atoms with Crippen molar-refractivity contribution in [2.24, 2.45) is 4.99 Å². The summed E-state index contributed by atoms with van der Waals surface area (Å²) in [5.74, 6) is 1.65. The topological polar surface area (TPSA) is 69.2 Å². The molecule has 1 saturated heterocycles. The first-order valence-electron chi connectivity index (χ1n) is 10.9. The van der Waals surface area contributed by atoms with Gasteiger partial charge in [0.1, 0.15) is 5.75 Å². The highest BCUT2D eigenvalue weighted by atomic mass is 16.5. The number of anilines is 1. The van der Waals surface area contributed by atoms with Crippen molar-refractivity contribution >= 4 is 17.6 Å². The fourth-order valence-corrected chi connectivity index (χ4v) is 4.36. The zero-order chi connectivity index (χ0) is 21.6. The normalized spacial score (nSPS) is 18.5. The van der Waals surface area contributed by atoms with Crippen LogP contribution in [0.25, 0.3) is 0 Å². The van der Waals surface area contributed by atoms with Gasteiger partial charge >= 0.3 is 0 Å². The van der Waals surface area contributed by atoms with Crippen LogP contribution in [0.15, 0.2) is 53.5 Å². The number of hydrogen-bond acceptors (Lipinski definition) is 4. The maximum atomic E-state index is 12.7. The minimum atomic E-state index is 0.0968. The van der Waals surface area contributed by atoms with Crippen molar-refractivity contribution < 1.29 is 9.53 Å². The van der Waals surface area contributed by atoms with E-state index in [-0.39, 0.29) is 18.5 Å². The summed E-state index contributed by atoms with van der Waals surface area (Å²) in [5, 5.41) is 6.66. The summed E-state index contributed by atoms with van der Waals surface area (Å²) >= 11 is 0. The van der Waals surface area contributed by atoms with E-state index >= 15 is 0 Å². The molecule has 0 saturated carbocycles. The van der Waals surface area contributed by atoms with Crippen LogP contribution in [0.5, 0.6) is 5.75 Å². The van der Waals surface area contributed by atoms with Crippen molar-refractivity contribution in [3.63, 3.8) is 0 Å². The third-order valence-corrected chi connectivity index (χ3v) is 6.07. The Bertz CT molecular complexity index is 945. The van der Waals surface area contributed by atoms with Crippen LogP contribution in [-0.2, 0) is 17.8 Å². The Labute approximate surface area is 184 Å². The number of benzene rings is 2. The van der Waals surface area contributed by atoms with Crippen molar-refractivity contribution in [2.45, 2.75) is 25.4 Å². The monoisotopic (exact) mass is 421 g/mol. The van der Waals surface area contributed by atoms with E-state index in [1.165, 1.54) is 11.1 Å². The highest BCUT2D eigenvalue weighted by molar-refractivity contribution is 5.86. The van der Waals surface area contributed by atoms with Crippen LogP contribution < -0.4 is 20.3 Å². The average molecular weight is 422 g/mol. The van der Waals surface area contributed by atoms with Gasteiger partial charge in [0.2, 0.25) is 5.91 Å². The van der Waals surface area contributed by atoms with Gasteiger partial charge in [0.05, 0.1) is 19.3 Å². The van der Waals surface area contributed by atoms with Gasteiger partial charge in [0, 0.05) is 39.3 Å². The molecule has 4 rings (SSSR count). The van der Waals surface area contributed by atoms with E-state index in [9.17, 15) is 4.79 Å². The molecule has 2 aliphatic heterocycles. The van der Waals surface area contributed by atoms with Gasteiger partial charge in [-0.15, -0.1) is 0 Å². The Hall–Kier alpha value is -3.22. The summed E-state index contributed by atoms with van der Waals surface area (Å²) in [7, 11) is 3.44. The van der Waals surface area contributed by atoms with Crippen molar-refractivity contribution in [1.82, 2.24) is 15.5 Å². The molecule has 7 heteroatoms. The van der Waals surface area contributed by atoms with Gasteiger partial charge in [-0.2, -0.15) is 0 Å². The zero-order valence-corrected chi connectivity index (χ0v) is 18.3. The number of fused-ring (bicyclic) bond motifs is 1. The molecule has 1 unspecified atom stereocenters. The summed E-state index contributed by atoms with van der Waals surface area (Å²) in [6.45, 7) is 3.49. The molecule has 164 valence electrons. The molecule has 1 amide bonds. The Morgan fingerprint density at radius 1 is 1.13 bits per heavy atom. The number of carbonyl (C=O) groups excluding carboxylic acids is 1. The van der Waals surface area contributed by atoms with Gasteiger partial charge in [-0.05, 0) is 36.1 Å². The van der Waals surface area contributed by atoms with E-state index in [4.69, 9.17) is 4.74 Å². The predicted molar refractivity (Wildman–Crippen MR) is 124 cm³/mol. The van der Waals surface area contributed by atoms with Crippen LogP contribution in [0.4, 0.5) is 5.69 Å². The highest BCUT2D eigenvalue weighted by Crippen LogP contribution is 2.30. The van der Waals surface area contributed by atoms with Gasteiger partial charge in [-0.3, -0.25) is 9.79 Å². The maximum absolute atomic E-state index is 12.7. The largest absolute Gasteiger partial charge is 0.495 e. The van der Waals surface area contributed by atoms with Gasteiger partial charge in [0.25, 0.3) is 0 Å². The average Bonchev–Trinajstić information content (AvgIpc) is 3.29. The summed E-state index contributed by atoms with van der Waals surface area (Å²) < 4.78 is 5.50. The first-order valence-corrected chi connectivity index (χ1v) is 10.9. The Morgan fingerprint density at radius 2 is 1.90 bits per heavy atom. The summed E-state index contributed by atoms with van der Waals surface area (Å²) in [6.07, 6.45) is 1.91. The second-order valence-corrected chi connectivity index (χ2v) is 8.01. The minimum Gasteiger partial charge on any atom is -0.495 e. The highest BCUT2D eigenvalue weighted by Gasteiger charge is 2.26. The first-order chi connectivity index (χ1) is 15.2. The fraction of sp³-hybridized carbons (Fsp3) is 0.417. The number of hydrogen-bond donors (Lipinski definition) is 2. The van der Waals surface area contributed by atoms with E-state index in [0.717, 1.165) is 43.9 Å². The second-order valence-electron chi connectivity index (χ2n) is 8.01. The molecule has 0 bridgehead atoms. The van der Waals surface area contributed by atoms with Gasteiger partial charge < -0.3 is 25.2 Å². The Kier molecular flexibility index (Phi) is 6.60. The smallest absolute Gasteiger partial charge is 0.242 e. The minimum absolute atomic E-state index is 0.0968. The van der Waals surface area contributed by atoms with Crippen LogP contribution in [0.2, 0.25) is 0 Å². The maximum Gasteiger partial charge on any atom is 0.242 e. The van der Waals surface area contributed by atoms with E-state index in [1.54, 1.807) is 14.2 Å². The molecule has 7 nitrogen and oxygen atoms in total. The lowest BCUT2D eigenvalue weighted by atomic mass is 10.00. The Morgan fingerprint density at radius 3 is 2.71 bits per heavy atom.